The monoisotopic (exact) mass is 387 g/mol. The zero-order valence-electron chi connectivity index (χ0n) is 14.8. The lowest BCUT2D eigenvalue weighted by Crippen LogP contribution is -2.04. The minimum Gasteiger partial charge on any atom is -0.493 e. The zero-order valence-corrected chi connectivity index (χ0v) is 16.4. The van der Waals surface area contributed by atoms with Crippen molar-refractivity contribution in [3.8, 4) is 11.5 Å². The quantitative estimate of drug-likeness (QED) is 0.546. The van der Waals surface area contributed by atoms with Gasteiger partial charge in [-0.25, -0.2) is 0 Å². The van der Waals surface area contributed by atoms with Gasteiger partial charge >= 0.3 is 0 Å². The van der Waals surface area contributed by atoms with E-state index in [9.17, 15) is 0 Å². The molecule has 3 aromatic rings. The summed E-state index contributed by atoms with van der Waals surface area (Å²) >= 11 is 3.29. The standard InChI is InChI=1S/C19H21N3O2S2/c1-23-16-9-8-14(12-17(16)24-2)10-11-20-18-21-22-19(26-18)25-13-15-6-4-3-5-7-15/h3-9,12H,10-11,13H2,1-2H3,(H,20,21). The Hall–Kier alpha value is -2.25. The molecule has 0 fully saturated rings. The van der Waals surface area contributed by atoms with Crippen molar-refractivity contribution in [2.75, 3.05) is 26.1 Å². The van der Waals surface area contributed by atoms with Gasteiger partial charge in [0.1, 0.15) is 0 Å². The smallest absolute Gasteiger partial charge is 0.206 e. The SMILES string of the molecule is COc1ccc(CCNc2nnc(SCc3ccccc3)s2)cc1OC. The molecular weight excluding hydrogens is 366 g/mol. The van der Waals surface area contributed by atoms with Crippen molar-refractivity contribution in [3.05, 3.63) is 59.7 Å². The van der Waals surface area contributed by atoms with Gasteiger partial charge in [-0.15, -0.1) is 10.2 Å². The van der Waals surface area contributed by atoms with E-state index in [1.165, 1.54) is 11.1 Å². The third-order valence-electron chi connectivity index (χ3n) is 3.75. The van der Waals surface area contributed by atoms with E-state index >= 15 is 0 Å². The Kier molecular flexibility index (Phi) is 6.74. The van der Waals surface area contributed by atoms with Gasteiger partial charge < -0.3 is 14.8 Å². The van der Waals surface area contributed by atoms with Crippen LogP contribution in [0.4, 0.5) is 5.13 Å². The number of aromatic nitrogens is 2. The summed E-state index contributed by atoms with van der Waals surface area (Å²) in [6, 6.07) is 16.4. The molecule has 26 heavy (non-hydrogen) atoms. The number of nitrogens with one attached hydrogen (secondary N) is 1. The molecule has 0 aliphatic heterocycles. The maximum atomic E-state index is 5.34. The Morgan fingerprint density at radius 1 is 0.962 bits per heavy atom. The topological polar surface area (TPSA) is 56.3 Å². The summed E-state index contributed by atoms with van der Waals surface area (Å²) < 4.78 is 11.6. The van der Waals surface area contributed by atoms with E-state index in [2.05, 4.69) is 39.8 Å². The first-order chi connectivity index (χ1) is 12.8. The summed E-state index contributed by atoms with van der Waals surface area (Å²) in [5.41, 5.74) is 2.47. The van der Waals surface area contributed by atoms with Gasteiger partial charge in [0.15, 0.2) is 15.8 Å². The Bertz CT molecular complexity index is 825. The van der Waals surface area contributed by atoms with Crippen LogP contribution in [0.3, 0.4) is 0 Å². The number of thioether (sulfide) groups is 1. The fourth-order valence-electron chi connectivity index (χ4n) is 2.41. The van der Waals surface area contributed by atoms with Gasteiger partial charge in [0.2, 0.25) is 5.13 Å². The molecule has 0 amide bonds. The third-order valence-corrected chi connectivity index (χ3v) is 5.83. The van der Waals surface area contributed by atoms with Crippen molar-refractivity contribution < 1.29 is 9.47 Å². The Morgan fingerprint density at radius 3 is 2.54 bits per heavy atom. The Labute approximate surface area is 161 Å². The highest BCUT2D eigenvalue weighted by Crippen LogP contribution is 2.29. The van der Waals surface area contributed by atoms with Gasteiger partial charge in [0.05, 0.1) is 14.2 Å². The number of hydrogen-bond donors (Lipinski definition) is 1. The second-order valence-electron chi connectivity index (χ2n) is 5.51. The molecule has 1 aromatic heterocycles. The molecule has 0 bridgehead atoms. The fraction of sp³-hybridized carbons (Fsp3) is 0.263. The molecular formula is C19H21N3O2S2. The lowest BCUT2D eigenvalue weighted by Gasteiger charge is -2.09. The van der Waals surface area contributed by atoms with Crippen LogP contribution in [0.1, 0.15) is 11.1 Å². The van der Waals surface area contributed by atoms with Gasteiger partial charge in [-0.1, -0.05) is 59.5 Å². The largest absolute Gasteiger partial charge is 0.493 e. The normalized spacial score (nSPS) is 10.5. The molecule has 0 atom stereocenters. The maximum Gasteiger partial charge on any atom is 0.206 e. The summed E-state index contributed by atoms with van der Waals surface area (Å²) in [7, 11) is 3.29. The molecule has 0 aliphatic rings. The van der Waals surface area contributed by atoms with Crippen LogP contribution in [0.15, 0.2) is 52.9 Å². The minimum atomic E-state index is 0.744. The summed E-state index contributed by atoms with van der Waals surface area (Å²) in [5, 5.41) is 12.6. The van der Waals surface area contributed by atoms with E-state index in [0.717, 1.165) is 39.7 Å². The second kappa shape index (κ2) is 9.45. The number of rotatable bonds is 9. The first-order valence-electron chi connectivity index (χ1n) is 8.23. The van der Waals surface area contributed by atoms with Gasteiger partial charge in [-0.3, -0.25) is 0 Å². The van der Waals surface area contributed by atoms with E-state index < -0.39 is 0 Å². The molecule has 7 heteroatoms. The highest BCUT2D eigenvalue weighted by molar-refractivity contribution is 8.00. The Balaban J connectivity index is 1.47. The summed E-state index contributed by atoms with van der Waals surface area (Å²) in [6.45, 7) is 0.785. The number of methoxy groups -OCH3 is 2. The molecule has 0 spiro atoms. The highest BCUT2D eigenvalue weighted by Gasteiger charge is 2.07. The molecule has 136 valence electrons. The minimum absolute atomic E-state index is 0.744. The van der Waals surface area contributed by atoms with E-state index in [4.69, 9.17) is 9.47 Å². The van der Waals surface area contributed by atoms with E-state index in [1.807, 2.05) is 24.3 Å². The maximum absolute atomic E-state index is 5.34. The molecule has 0 radical (unpaired) electrons. The molecule has 0 aliphatic carbocycles. The van der Waals surface area contributed by atoms with Crippen molar-refractivity contribution in [2.24, 2.45) is 0 Å². The van der Waals surface area contributed by atoms with E-state index in [-0.39, 0.29) is 0 Å². The van der Waals surface area contributed by atoms with Crippen molar-refractivity contribution in [1.82, 2.24) is 10.2 Å². The van der Waals surface area contributed by atoms with E-state index in [0.29, 0.717) is 0 Å². The van der Waals surface area contributed by atoms with Crippen molar-refractivity contribution in [1.29, 1.82) is 0 Å². The number of nitrogens with zero attached hydrogens (tertiary/aromatic N) is 2. The van der Waals surface area contributed by atoms with Crippen molar-refractivity contribution in [3.63, 3.8) is 0 Å². The number of ether oxygens (including phenoxy) is 2. The van der Waals surface area contributed by atoms with Gasteiger partial charge in [-0.05, 0) is 29.7 Å². The van der Waals surface area contributed by atoms with Crippen LogP contribution in [0.5, 0.6) is 11.5 Å². The number of anilines is 1. The second-order valence-corrected chi connectivity index (χ2v) is 7.71. The van der Waals surface area contributed by atoms with Crippen LogP contribution < -0.4 is 14.8 Å². The van der Waals surface area contributed by atoms with Gasteiger partial charge in [0, 0.05) is 12.3 Å². The predicted molar refractivity (Wildman–Crippen MR) is 108 cm³/mol. The average molecular weight is 388 g/mol. The fourth-order valence-corrected chi connectivity index (χ4v) is 4.14. The summed E-state index contributed by atoms with van der Waals surface area (Å²) in [6.07, 6.45) is 0.867. The molecule has 3 rings (SSSR count). The van der Waals surface area contributed by atoms with Gasteiger partial charge in [-0.2, -0.15) is 0 Å². The summed E-state index contributed by atoms with van der Waals surface area (Å²) in [5.74, 6) is 2.40. The van der Waals surface area contributed by atoms with Crippen LogP contribution in [0, 0.1) is 0 Å². The molecule has 0 saturated carbocycles. The first kappa shape index (κ1) is 18.5. The zero-order chi connectivity index (χ0) is 18.2. The van der Waals surface area contributed by atoms with Crippen LogP contribution in [0.2, 0.25) is 0 Å². The predicted octanol–water partition coefficient (Wildman–Crippen LogP) is 4.50. The molecule has 5 nitrogen and oxygen atoms in total. The number of benzene rings is 2. The summed E-state index contributed by atoms with van der Waals surface area (Å²) in [4.78, 5) is 0. The van der Waals surface area contributed by atoms with Crippen molar-refractivity contribution >= 4 is 28.2 Å². The highest BCUT2D eigenvalue weighted by atomic mass is 32.2. The van der Waals surface area contributed by atoms with Gasteiger partial charge in [0.25, 0.3) is 0 Å². The number of hydrogen-bond acceptors (Lipinski definition) is 7. The Morgan fingerprint density at radius 2 is 1.77 bits per heavy atom. The first-order valence-corrected chi connectivity index (χ1v) is 10.0. The van der Waals surface area contributed by atoms with Crippen LogP contribution in [0.25, 0.3) is 0 Å². The van der Waals surface area contributed by atoms with E-state index in [1.54, 1.807) is 37.3 Å². The molecule has 0 unspecified atom stereocenters. The lowest BCUT2D eigenvalue weighted by molar-refractivity contribution is 0.354. The lowest BCUT2D eigenvalue weighted by atomic mass is 10.1. The van der Waals surface area contributed by atoms with Crippen LogP contribution >= 0.6 is 23.1 Å². The molecule has 1 N–H and O–H groups in total. The molecule has 1 heterocycles. The molecule has 2 aromatic carbocycles. The third kappa shape index (κ3) is 5.12. The van der Waals surface area contributed by atoms with Crippen LogP contribution in [-0.4, -0.2) is 31.0 Å². The molecule has 0 saturated heterocycles. The van der Waals surface area contributed by atoms with Crippen molar-refractivity contribution in [2.45, 2.75) is 16.5 Å². The van der Waals surface area contributed by atoms with Crippen LogP contribution in [-0.2, 0) is 12.2 Å². The average Bonchev–Trinajstić information content (AvgIpc) is 3.15.